The van der Waals surface area contributed by atoms with Crippen LogP contribution in [0.1, 0.15) is 6.92 Å². The summed E-state index contributed by atoms with van der Waals surface area (Å²) in [6.07, 6.45) is -1.44. The molecule has 0 spiro atoms. The van der Waals surface area contributed by atoms with Crippen LogP contribution in [0, 0.1) is 0 Å². The molecule has 0 bridgehead atoms. The maximum atomic E-state index is 9.77. The average molecular weight is 236 g/mol. The second-order valence-electron chi connectivity index (χ2n) is 4.51. The molecule has 4 nitrogen and oxygen atoms in total. The molecule has 0 aromatic heterocycles. The van der Waals surface area contributed by atoms with Gasteiger partial charge < -0.3 is 15.1 Å². The van der Waals surface area contributed by atoms with Gasteiger partial charge in [-0.25, -0.2) is 0 Å². The van der Waals surface area contributed by atoms with Crippen LogP contribution in [0.5, 0.6) is 0 Å². The first kappa shape index (κ1) is 12.4. The fourth-order valence-corrected chi connectivity index (χ4v) is 2.19. The highest BCUT2D eigenvalue weighted by Gasteiger charge is 2.24. The van der Waals surface area contributed by atoms with Crippen LogP contribution in [0.4, 0.5) is 5.69 Å². The highest BCUT2D eigenvalue weighted by Crippen LogP contribution is 2.16. The van der Waals surface area contributed by atoms with Crippen molar-refractivity contribution in [2.75, 3.05) is 31.1 Å². The van der Waals surface area contributed by atoms with Crippen LogP contribution in [-0.2, 0) is 0 Å². The summed E-state index contributed by atoms with van der Waals surface area (Å²) < 4.78 is 0. The monoisotopic (exact) mass is 236 g/mol. The number of hydrogen-bond acceptors (Lipinski definition) is 4. The minimum absolute atomic E-state index is 0.696. The Hall–Kier alpha value is -1.10. The van der Waals surface area contributed by atoms with Gasteiger partial charge in [0.15, 0.2) is 0 Å². The molecule has 1 unspecified atom stereocenters. The molecule has 0 radical (unpaired) electrons. The van der Waals surface area contributed by atoms with Crippen molar-refractivity contribution in [3.05, 3.63) is 30.3 Å². The Bertz CT molecular complexity index is 335. The van der Waals surface area contributed by atoms with Gasteiger partial charge in [0.25, 0.3) is 0 Å². The topological polar surface area (TPSA) is 46.9 Å². The summed E-state index contributed by atoms with van der Waals surface area (Å²) in [6, 6.07) is 10.3. The molecule has 0 saturated carbocycles. The van der Waals surface area contributed by atoms with Gasteiger partial charge in [0.2, 0.25) is 0 Å². The molecule has 1 heterocycles. The van der Waals surface area contributed by atoms with Gasteiger partial charge in [-0.3, -0.25) is 4.90 Å². The number of anilines is 1. The van der Waals surface area contributed by atoms with E-state index >= 15 is 0 Å². The second kappa shape index (κ2) is 5.49. The third-order valence-corrected chi connectivity index (χ3v) is 3.24. The first-order chi connectivity index (χ1) is 8.18. The second-order valence-corrected chi connectivity index (χ2v) is 4.51. The van der Waals surface area contributed by atoms with Gasteiger partial charge in [-0.2, -0.15) is 0 Å². The maximum Gasteiger partial charge on any atom is 0.133 e. The van der Waals surface area contributed by atoms with E-state index < -0.39 is 12.3 Å². The third kappa shape index (κ3) is 2.97. The molecule has 2 rings (SSSR count). The number of aliphatic hydroxyl groups excluding tert-OH is 2. The summed E-state index contributed by atoms with van der Waals surface area (Å²) in [7, 11) is 0. The minimum Gasteiger partial charge on any atom is -0.389 e. The van der Waals surface area contributed by atoms with Crippen LogP contribution >= 0.6 is 0 Å². The van der Waals surface area contributed by atoms with E-state index in [1.807, 2.05) is 23.1 Å². The standard InChI is InChI=1S/C13H20N2O2/c1-11(16)13(17)15-9-7-14(8-10-15)12-5-3-2-4-6-12/h2-6,11,13,16-17H,7-10H2,1H3/t11?,13-/m0/s1. The van der Waals surface area contributed by atoms with Crippen molar-refractivity contribution in [3.63, 3.8) is 0 Å². The Morgan fingerprint density at radius 2 is 1.59 bits per heavy atom. The fourth-order valence-electron chi connectivity index (χ4n) is 2.19. The third-order valence-electron chi connectivity index (χ3n) is 3.24. The van der Waals surface area contributed by atoms with E-state index in [9.17, 15) is 10.2 Å². The molecule has 2 N–H and O–H groups in total. The van der Waals surface area contributed by atoms with Gasteiger partial charge in [0.05, 0.1) is 6.10 Å². The molecule has 0 amide bonds. The van der Waals surface area contributed by atoms with Crippen molar-refractivity contribution < 1.29 is 10.2 Å². The summed E-state index contributed by atoms with van der Waals surface area (Å²) in [6.45, 7) is 4.94. The highest BCUT2D eigenvalue weighted by atomic mass is 16.3. The lowest BCUT2D eigenvalue weighted by Crippen LogP contribution is -2.53. The number of piperazine rings is 1. The zero-order valence-electron chi connectivity index (χ0n) is 10.2. The average Bonchev–Trinajstić information content (AvgIpc) is 2.39. The first-order valence-electron chi connectivity index (χ1n) is 6.08. The molecular weight excluding hydrogens is 216 g/mol. The Labute approximate surface area is 102 Å². The SMILES string of the molecule is CC(O)[C@H](O)N1CCN(c2ccccc2)CC1. The summed E-state index contributed by atoms with van der Waals surface area (Å²) >= 11 is 0. The van der Waals surface area contributed by atoms with E-state index in [1.165, 1.54) is 5.69 Å². The molecule has 1 aromatic carbocycles. The maximum absolute atomic E-state index is 9.77. The van der Waals surface area contributed by atoms with Crippen molar-refractivity contribution in [2.24, 2.45) is 0 Å². The Morgan fingerprint density at radius 3 is 2.12 bits per heavy atom. The van der Waals surface area contributed by atoms with Crippen molar-refractivity contribution in [2.45, 2.75) is 19.3 Å². The largest absolute Gasteiger partial charge is 0.389 e. The van der Waals surface area contributed by atoms with Crippen LogP contribution in [0.15, 0.2) is 30.3 Å². The van der Waals surface area contributed by atoms with Crippen LogP contribution in [0.2, 0.25) is 0 Å². The van der Waals surface area contributed by atoms with Gasteiger partial charge in [-0.1, -0.05) is 18.2 Å². The number of para-hydroxylation sites is 1. The van der Waals surface area contributed by atoms with Gasteiger partial charge >= 0.3 is 0 Å². The number of hydrogen-bond donors (Lipinski definition) is 2. The lowest BCUT2D eigenvalue weighted by molar-refractivity contribution is -0.0772. The summed E-state index contributed by atoms with van der Waals surface area (Å²) in [5.41, 5.74) is 1.22. The summed E-state index contributed by atoms with van der Waals surface area (Å²) in [4.78, 5) is 4.22. The zero-order chi connectivity index (χ0) is 12.3. The lowest BCUT2D eigenvalue weighted by atomic mass is 10.2. The number of nitrogens with zero attached hydrogens (tertiary/aromatic N) is 2. The smallest absolute Gasteiger partial charge is 0.133 e. The van der Waals surface area contributed by atoms with Crippen molar-refractivity contribution in [1.82, 2.24) is 4.90 Å². The highest BCUT2D eigenvalue weighted by molar-refractivity contribution is 5.46. The molecular formula is C13H20N2O2. The quantitative estimate of drug-likeness (QED) is 0.802. The van der Waals surface area contributed by atoms with Crippen LogP contribution < -0.4 is 4.90 Å². The minimum atomic E-state index is -0.743. The Kier molecular flexibility index (Phi) is 3.99. The number of rotatable bonds is 3. The Balaban J connectivity index is 1.90. The molecule has 1 fully saturated rings. The predicted molar refractivity (Wildman–Crippen MR) is 67.9 cm³/mol. The molecule has 17 heavy (non-hydrogen) atoms. The van der Waals surface area contributed by atoms with Crippen molar-refractivity contribution in [1.29, 1.82) is 0 Å². The molecule has 1 aliphatic rings. The van der Waals surface area contributed by atoms with Crippen LogP contribution in [0.3, 0.4) is 0 Å². The molecule has 2 atom stereocenters. The number of aliphatic hydroxyl groups is 2. The van der Waals surface area contributed by atoms with Crippen molar-refractivity contribution in [3.8, 4) is 0 Å². The van der Waals surface area contributed by atoms with E-state index in [-0.39, 0.29) is 0 Å². The molecule has 4 heteroatoms. The van der Waals surface area contributed by atoms with E-state index in [4.69, 9.17) is 0 Å². The van der Waals surface area contributed by atoms with E-state index in [1.54, 1.807) is 6.92 Å². The zero-order valence-corrected chi connectivity index (χ0v) is 10.2. The molecule has 1 aromatic rings. The van der Waals surface area contributed by atoms with Crippen LogP contribution in [0.25, 0.3) is 0 Å². The van der Waals surface area contributed by atoms with Gasteiger partial charge in [-0.15, -0.1) is 0 Å². The van der Waals surface area contributed by atoms with E-state index in [0.717, 1.165) is 26.2 Å². The number of benzene rings is 1. The van der Waals surface area contributed by atoms with Gasteiger partial charge in [0, 0.05) is 31.9 Å². The van der Waals surface area contributed by atoms with Crippen molar-refractivity contribution >= 4 is 5.69 Å². The molecule has 1 aliphatic heterocycles. The summed E-state index contributed by atoms with van der Waals surface area (Å²) in [5.74, 6) is 0. The predicted octanol–water partition coefficient (Wildman–Crippen LogP) is 0.508. The molecule has 1 saturated heterocycles. The van der Waals surface area contributed by atoms with E-state index in [2.05, 4.69) is 17.0 Å². The van der Waals surface area contributed by atoms with E-state index in [0.29, 0.717) is 0 Å². The lowest BCUT2D eigenvalue weighted by Gasteiger charge is -2.39. The summed E-state index contributed by atoms with van der Waals surface area (Å²) in [5, 5.41) is 19.1. The molecule has 0 aliphatic carbocycles. The first-order valence-corrected chi connectivity index (χ1v) is 6.08. The Morgan fingerprint density at radius 1 is 1.00 bits per heavy atom. The van der Waals surface area contributed by atoms with Gasteiger partial charge in [-0.05, 0) is 19.1 Å². The molecule has 94 valence electrons. The fraction of sp³-hybridized carbons (Fsp3) is 0.538. The van der Waals surface area contributed by atoms with Crippen LogP contribution in [-0.4, -0.2) is 53.6 Å². The normalized spacial score (nSPS) is 21.2. The van der Waals surface area contributed by atoms with Gasteiger partial charge in [0.1, 0.15) is 6.23 Å².